The maximum Gasteiger partial charge on any atom is 0.244 e. The van der Waals surface area contributed by atoms with Crippen LogP contribution in [0.15, 0.2) is 41.6 Å². The molecule has 1 fully saturated rings. The summed E-state index contributed by atoms with van der Waals surface area (Å²) < 4.78 is 24.0. The van der Waals surface area contributed by atoms with Crippen molar-refractivity contribution in [2.45, 2.75) is 30.3 Å². The van der Waals surface area contributed by atoms with E-state index in [9.17, 15) is 13.2 Å². The molecule has 3 heterocycles. The molecule has 2 aliphatic heterocycles. The third kappa shape index (κ3) is 3.19. The number of benzene rings is 1. The number of sulfonamides is 1. The fraction of sp³-hybridized carbons (Fsp3) is 0.412. The number of hydrogen-bond donors (Lipinski definition) is 1. The molecule has 8 nitrogen and oxygen atoms in total. The molecular formula is C17H21N5O3S. The molecule has 26 heavy (non-hydrogen) atoms. The number of fused-ring (bicyclic) bond motifs is 3. The first-order valence-corrected chi connectivity index (χ1v) is 10.1. The summed E-state index contributed by atoms with van der Waals surface area (Å²) in [5.41, 5.74) is 2.60. The van der Waals surface area contributed by atoms with Gasteiger partial charge in [0.1, 0.15) is 11.4 Å². The minimum Gasteiger partial charge on any atom is -0.366 e. The molecule has 0 unspecified atom stereocenters. The Kier molecular flexibility index (Phi) is 4.20. The van der Waals surface area contributed by atoms with Crippen molar-refractivity contribution >= 4 is 21.6 Å². The second-order valence-corrected chi connectivity index (χ2v) is 8.35. The lowest BCUT2D eigenvalue weighted by Crippen LogP contribution is -2.42. The normalized spacial score (nSPS) is 19.8. The lowest BCUT2D eigenvalue weighted by molar-refractivity contribution is -0.132. The summed E-state index contributed by atoms with van der Waals surface area (Å²) in [6.07, 6.45) is 4.30. The van der Waals surface area contributed by atoms with Crippen LogP contribution in [0.4, 0.5) is 5.69 Å². The average molecular weight is 375 g/mol. The van der Waals surface area contributed by atoms with Crippen molar-refractivity contribution in [2.24, 2.45) is 5.14 Å². The van der Waals surface area contributed by atoms with Gasteiger partial charge in [0.05, 0.1) is 12.2 Å². The molecule has 2 aliphatic rings. The van der Waals surface area contributed by atoms with Gasteiger partial charge in [-0.1, -0.05) is 18.2 Å². The van der Waals surface area contributed by atoms with E-state index >= 15 is 0 Å². The van der Waals surface area contributed by atoms with E-state index in [0.29, 0.717) is 13.1 Å². The van der Waals surface area contributed by atoms with Crippen LogP contribution in [0.5, 0.6) is 0 Å². The van der Waals surface area contributed by atoms with E-state index < -0.39 is 10.0 Å². The number of para-hydroxylation sites is 1. The van der Waals surface area contributed by atoms with Crippen molar-refractivity contribution in [2.75, 3.05) is 24.5 Å². The SMILES string of the molecule is NS(=O)(=O)c1cnn(CC(=O)N2CCCN3c4ccccc4C[C@@H]3C2)c1. The van der Waals surface area contributed by atoms with E-state index in [1.165, 1.54) is 28.3 Å². The summed E-state index contributed by atoms with van der Waals surface area (Å²) in [5, 5.41) is 9.02. The lowest BCUT2D eigenvalue weighted by atomic mass is 10.1. The minimum atomic E-state index is -3.81. The highest BCUT2D eigenvalue weighted by Crippen LogP contribution is 2.33. The zero-order valence-electron chi connectivity index (χ0n) is 14.3. The summed E-state index contributed by atoms with van der Waals surface area (Å²) in [6, 6.07) is 8.68. The number of carbonyl (C=O) groups excluding carboxylic acids is 1. The fourth-order valence-electron chi connectivity index (χ4n) is 3.81. The van der Waals surface area contributed by atoms with Crippen LogP contribution in [-0.2, 0) is 27.8 Å². The molecule has 9 heteroatoms. The zero-order valence-corrected chi connectivity index (χ0v) is 15.1. The molecule has 1 saturated heterocycles. The number of primary sulfonamides is 1. The predicted molar refractivity (Wildman–Crippen MR) is 96.1 cm³/mol. The fourth-order valence-corrected chi connectivity index (χ4v) is 4.27. The number of amides is 1. The van der Waals surface area contributed by atoms with E-state index in [2.05, 4.69) is 34.3 Å². The summed E-state index contributed by atoms with van der Waals surface area (Å²) in [7, 11) is -3.81. The van der Waals surface area contributed by atoms with Gasteiger partial charge in [0.25, 0.3) is 0 Å². The summed E-state index contributed by atoms with van der Waals surface area (Å²) in [5.74, 6) is -0.0631. The molecule has 1 aromatic heterocycles. The van der Waals surface area contributed by atoms with Crippen molar-refractivity contribution in [3.8, 4) is 0 Å². The van der Waals surface area contributed by atoms with Crippen LogP contribution < -0.4 is 10.0 Å². The molecule has 1 atom stereocenters. The second kappa shape index (κ2) is 6.40. The molecule has 0 spiro atoms. The highest BCUT2D eigenvalue weighted by molar-refractivity contribution is 7.89. The van der Waals surface area contributed by atoms with Gasteiger partial charge >= 0.3 is 0 Å². The van der Waals surface area contributed by atoms with Crippen molar-refractivity contribution < 1.29 is 13.2 Å². The molecule has 0 saturated carbocycles. The topological polar surface area (TPSA) is 102 Å². The van der Waals surface area contributed by atoms with Gasteiger partial charge in [0.2, 0.25) is 15.9 Å². The number of nitrogens with two attached hydrogens (primary N) is 1. The first-order chi connectivity index (χ1) is 12.4. The van der Waals surface area contributed by atoms with Crippen LogP contribution in [0.1, 0.15) is 12.0 Å². The van der Waals surface area contributed by atoms with Crippen molar-refractivity contribution in [3.05, 3.63) is 42.2 Å². The molecule has 2 N–H and O–H groups in total. The number of anilines is 1. The smallest absolute Gasteiger partial charge is 0.244 e. The Morgan fingerprint density at radius 3 is 2.85 bits per heavy atom. The Morgan fingerprint density at radius 1 is 1.27 bits per heavy atom. The van der Waals surface area contributed by atoms with E-state index in [4.69, 9.17) is 5.14 Å². The standard InChI is InChI=1S/C17H21N5O3S/c18-26(24,25)15-9-19-21(11-15)12-17(23)20-6-3-7-22-14(10-20)8-13-4-1-2-5-16(13)22/h1-2,4-5,9,11,14H,3,6-8,10,12H2,(H2,18,24,25)/t14-/m1/s1. The Bertz CT molecular complexity index is 939. The van der Waals surface area contributed by atoms with E-state index in [1.54, 1.807) is 0 Å². The van der Waals surface area contributed by atoms with Crippen molar-refractivity contribution in [1.82, 2.24) is 14.7 Å². The average Bonchev–Trinajstić information content (AvgIpc) is 3.13. The number of nitrogens with zero attached hydrogens (tertiary/aromatic N) is 4. The number of hydrogen-bond acceptors (Lipinski definition) is 5. The highest BCUT2D eigenvalue weighted by Gasteiger charge is 2.33. The van der Waals surface area contributed by atoms with Crippen molar-refractivity contribution in [1.29, 1.82) is 0 Å². The van der Waals surface area contributed by atoms with Crippen LogP contribution in [0.3, 0.4) is 0 Å². The van der Waals surface area contributed by atoms with Gasteiger partial charge in [-0.25, -0.2) is 13.6 Å². The maximum atomic E-state index is 12.7. The van der Waals surface area contributed by atoms with Crippen LogP contribution in [0, 0.1) is 0 Å². The van der Waals surface area contributed by atoms with E-state index in [-0.39, 0.29) is 23.4 Å². The summed E-state index contributed by atoms with van der Waals surface area (Å²) in [6.45, 7) is 2.30. The quantitative estimate of drug-likeness (QED) is 0.825. The second-order valence-electron chi connectivity index (χ2n) is 6.79. The summed E-state index contributed by atoms with van der Waals surface area (Å²) in [4.78, 5) is 16.9. The Labute approximate surface area is 152 Å². The van der Waals surface area contributed by atoms with Gasteiger partial charge in [-0.05, 0) is 24.5 Å². The maximum absolute atomic E-state index is 12.7. The zero-order chi connectivity index (χ0) is 18.3. The lowest BCUT2D eigenvalue weighted by Gasteiger charge is -2.27. The molecular weight excluding hydrogens is 354 g/mol. The van der Waals surface area contributed by atoms with E-state index in [1.807, 2.05) is 4.90 Å². The van der Waals surface area contributed by atoms with E-state index in [0.717, 1.165) is 19.4 Å². The highest BCUT2D eigenvalue weighted by atomic mass is 32.2. The monoisotopic (exact) mass is 375 g/mol. The summed E-state index contributed by atoms with van der Waals surface area (Å²) >= 11 is 0. The third-order valence-electron chi connectivity index (χ3n) is 5.04. The number of rotatable bonds is 3. The molecule has 2 aromatic rings. The number of carbonyl (C=O) groups is 1. The molecule has 1 amide bonds. The molecule has 0 radical (unpaired) electrons. The minimum absolute atomic E-state index is 0.00912. The first kappa shape index (κ1) is 17.0. The first-order valence-electron chi connectivity index (χ1n) is 8.59. The van der Waals surface area contributed by atoms with Gasteiger partial charge in [-0.3, -0.25) is 9.48 Å². The molecule has 138 valence electrons. The molecule has 4 rings (SSSR count). The van der Waals surface area contributed by atoms with Crippen molar-refractivity contribution in [3.63, 3.8) is 0 Å². The Balaban J connectivity index is 1.46. The van der Waals surface area contributed by atoms with Gasteiger partial charge < -0.3 is 9.80 Å². The van der Waals surface area contributed by atoms with Crippen LogP contribution in [-0.4, -0.2) is 54.7 Å². The van der Waals surface area contributed by atoms with Gasteiger partial charge in [0, 0.05) is 31.5 Å². The molecule has 1 aromatic carbocycles. The van der Waals surface area contributed by atoms with Crippen LogP contribution in [0.2, 0.25) is 0 Å². The van der Waals surface area contributed by atoms with Gasteiger partial charge in [-0.15, -0.1) is 0 Å². The van der Waals surface area contributed by atoms with Crippen LogP contribution >= 0.6 is 0 Å². The molecule has 0 aliphatic carbocycles. The Hall–Kier alpha value is -2.39. The van der Waals surface area contributed by atoms with Crippen LogP contribution in [0.25, 0.3) is 0 Å². The Morgan fingerprint density at radius 2 is 2.08 bits per heavy atom. The third-order valence-corrected chi connectivity index (χ3v) is 5.91. The molecule has 0 bridgehead atoms. The number of aromatic nitrogens is 2. The van der Waals surface area contributed by atoms with Gasteiger partial charge in [0.15, 0.2) is 0 Å². The van der Waals surface area contributed by atoms with Gasteiger partial charge in [-0.2, -0.15) is 5.10 Å². The predicted octanol–water partition coefficient (Wildman–Crippen LogP) is 0.194. The largest absolute Gasteiger partial charge is 0.366 e.